The lowest BCUT2D eigenvalue weighted by Gasteiger charge is -2.30. The molecule has 1 saturated heterocycles. The Kier molecular flexibility index (Phi) is 6.53. The van der Waals surface area contributed by atoms with Gasteiger partial charge in [0, 0.05) is 31.5 Å². The van der Waals surface area contributed by atoms with Crippen LogP contribution >= 0.6 is 0 Å². The van der Waals surface area contributed by atoms with Gasteiger partial charge in [-0.1, -0.05) is 6.07 Å². The second-order valence-electron chi connectivity index (χ2n) is 9.29. The topological polar surface area (TPSA) is 82.8 Å². The van der Waals surface area contributed by atoms with Gasteiger partial charge in [-0.3, -0.25) is 4.79 Å². The van der Waals surface area contributed by atoms with E-state index in [0.29, 0.717) is 24.2 Å². The number of amides is 1. The lowest BCUT2D eigenvalue weighted by Crippen LogP contribution is -2.30. The molecule has 3 aromatic rings. The summed E-state index contributed by atoms with van der Waals surface area (Å²) in [6, 6.07) is 5.15. The number of anilines is 2. The highest BCUT2D eigenvalue weighted by Gasteiger charge is 2.33. The van der Waals surface area contributed by atoms with E-state index in [1.165, 1.54) is 12.1 Å². The average Bonchev–Trinajstić information content (AvgIpc) is 3.19. The minimum absolute atomic E-state index is 0.309. The monoisotopic (exact) mass is 475 g/mol. The molecule has 10 heteroatoms. The van der Waals surface area contributed by atoms with Crippen LogP contribution in [0.25, 0.3) is 5.65 Å². The summed E-state index contributed by atoms with van der Waals surface area (Å²) in [6.07, 6.45) is 3.20. The number of hydrogen-bond donors (Lipinski definition) is 2. The molecule has 182 valence electrons. The number of carbonyl (C=O) groups is 1. The molecule has 0 aliphatic carbocycles. The molecular formula is C24H28F3N5O2. The fourth-order valence-electron chi connectivity index (χ4n) is 4.03. The van der Waals surface area contributed by atoms with Crippen LogP contribution in [0, 0.1) is 0 Å². The minimum atomic E-state index is -4.63. The Morgan fingerprint density at radius 1 is 1.12 bits per heavy atom. The summed E-state index contributed by atoms with van der Waals surface area (Å²) in [4.78, 5) is 23.2. The summed E-state index contributed by atoms with van der Waals surface area (Å²) in [7, 11) is 0. The van der Waals surface area contributed by atoms with Crippen molar-refractivity contribution >= 4 is 22.9 Å². The van der Waals surface area contributed by atoms with Crippen molar-refractivity contribution in [3.05, 3.63) is 53.7 Å². The van der Waals surface area contributed by atoms with Crippen LogP contribution in [0.5, 0.6) is 0 Å². The molecular weight excluding hydrogens is 447 g/mol. The van der Waals surface area contributed by atoms with Gasteiger partial charge < -0.3 is 19.7 Å². The normalized spacial score (nSPS) is 15.1. The molecule has 2 N–H and O–H groups in total. The molecule has 34 heavy (non-hydrogen) atoms. The molecule has 0 saturated carbocycles. The van der Waals surface area contributed by atoms with Crippen LogP contribution in [-0.4, -0.2) is 44.1 Å². The second-order valence-corrected chi connectivity index (χ2v) is 9.29. The molecule has 0 aromatic carbocycles. The Labute approximate surface area is 195 Å². The Hall–Kier alpha value is -3.14. The lowest BCUT2D eigenvalue weighted by molar-refractivity contribution is -0.141. The first-order chi connectivity index (χ1) is 16.0. The number of aromatic nitrogens is 3. The molecule has 3 aromatic heterocycles. The van der Waals surface area contributed by atoms with Crippen molar-refractivity contribution in [2.24, 2.45) is 0 Å². The Morgan fingerprint density at radius 3 is 2.53 bits per heavy atom. The van der Waals surface area contributed by atoms with Gasteiger partial charge in [0.05, 0.1) is 22.7 Å². The molecule has 0 radical (unpaired) electrons. The predicted molar refractivity (Wildman–Crippen MR) is 123 cm³/mol. The van der Waals surface area contributed by atoms with Crippen LogP contribution in [0.4, 0.5) is 24.5 Å². The number of aryl methyl sites for hydroxylation is 1. The van der Waals surface area contributed by atoms with Crippen molar-refractivity contribution in [1.29, 1.82) is 0 Å². The SMILES string of the molecule is CC(C)(O)CCc1cn2cc(NC(=O)c3cccc(C(F)(F)F)n3)c(N3CCCCC3)cc2n1. The van der Waals surface area contributed by atoms with Crippen LogP contribution in [0.2, 0.25) is 0 Å². The van der Waals surface area contributed by atoms with Crippen molar-refractivity contribution in [3.8, 4) is 0 Å². The molecule has 0 atom stereocenters. The van der Waals surface area contributed by atoms with Crippen molar-refractivity contribution in [2.75, 3.05) is 23.3 Å². The third kappa shape index (κ3) is 5.67. The summed E-state index contributed by atoms with van der Waals surface area (Å²) in [5.74, 6) is -0.717. The van der Waals surface area contributed by atoms with Crippen LogP contribution in [-0.2, 0) is 12.6 Å². The number of nitrogens with one attached hydrogen (secondary N) is 1. The van der Waals surface area contributed by atoms with Crippen LogP contribution < -0.4 is 10.2 Å². The zero-order valence-electron chi connectivity index (χ0n) is 19.2. The number of hydrogen-bond acceptors (Lipinski definition) is 5. The van der Waals surface area contributed by atoms with Gasteiger partial charge in [0.1, 0.15) is 17.0 Å². The van der Waals surface area contributed by atoms with E-state index in [2.05, 4.69) is 20.2 Å². The lowest BCUT2D eigenvalue weighted by atomic mass is 10.0. The first kappa shape index (κ1) is 24.0. The zero-order chi connectivity index (χ0) is 24.5. The highest BCUT2D eigenvalue weighted by atomic mass is 19.4. The van der Waals surface area contributed by atoms with Gasteiger partial charge in [0.2, 0.25) is 0 Å². The predicted octanol–water partition coefficient (Wildman–Crippen LogP) is 4.69. The minimum Gasteiger partial charge on any atom is -0.390 e. The molecule has 0 unspecified atom stereocenters. The summed E-state index contributed by atoms with van der Waals surface area (Å²) in [5.41, 5.74) is 0.508. The Morgan fingerprint density at radius 2 is 1.85 bits per heavy atom. The number of halogens is 3. The highest BCUT2D eigenvalue weighted by Crippen LogP contribution is 2.31. The highest BCUT2D eigenvalue weighted by molar-refractivity contribution is 6.04. The first-order valence-electron chi connectivity index (χ1n) is 11.3. The van der Waals surface area contributed by atoms with Gasteiger partial charge in [0.15, 0.2) is 0 Å². The van der Waals surface area contributed by atoms with E-state index >= 15 is 0 Å². The molecule has 1 aliphatic heterocycles. The molecule has 1 amide bonds. The number of fused-ring (bicyclic) bond motifs is 1. The Balaban J connectivity index is 1.67. The number of aliphatic hydroxyl groups is 1. The number of imidazole rings is 1. The van der Waals surface area contributed by atoms with Crippen molar-refractivity contribution in [1.82, 2.24) is 14.4 Å². The standard InChI is InChI=1S/C24H28F3N5O2/c1-23(2,34)10-9-16-14-32-15-18(19(13-21(32)28-16)31-11-4-3-5-12-31)30-22(33)17-7-6-8-20(29-17)24(25,26)27/h6-8,13-15,34H,3-5,9-12H2,1-2H3,(H,30,33). The van der Waals surface area contributed by atoms with Crippen LogP contribution in [0.1, 0.15) is 61.4 Å². The quantitative estimate of drug-likeness (QED) is 0.540. The van der Waals surface area contributed by atoms with Gasteiger partial charge in [-0.15, -0.1) is 0 Å². The van der Waals surface area contributed by atoms with E-state index in [9.17, 15) is 23.1 Å². The number of carbonyl (C=O) groups excluding carboxylic acids is 1. The van der Waals surface area contributed by atoms with Gasteiger partial charge in [0.25, 0.3) is 5.91 Å². The number of nitrogens with zero attached hydrogens (tertiary/aromatic N) is 4. The van der Waals surface area contributed by atoms with Crippen molar-refractivity contribution < 1.29 is 23.1 Å². The molecule has 0 bridgehead atoms. The zero-order valence-corrected chi connectivity index (χ0v) is 19.2. The Bertz CT molecular complexity index is 1180. The summed E-state index contributed by atoms with van der Waals surface area (Å²) < 4.78 is 40.9. The third-order valence-electron chi connectivity index (χ3n) is 5.83. The maximum atomic E-state index is 13.1. The molecule has 0 spiro atoms. The van der Waals surface area contributed by atoms with Gasteiger partial charge in [-0.2, -0.15) is 13.2 Å². The maximum Gasteiger partial charge on any atom is 0.433 e. The molecule has 4 rings (SSSR count). The average molecular weight is 476 g/mol. The maximum absolute atomic E-state index is 13.1. The molecule has 1 aliphatic rings. The van der Waals surface area contributed by atoms with E-state index in [0.717, 1.165) is 49.8 Å². The molecule has 1 fully saturated rings. The van der Waals surface area contributed by atoms with Crippen molar-refractivity contribution in [3.63, 3.8) is 0 Å². The van der Waals surface area contributed by atoms with Gasteiger partial charge >= 0.3 is 6.18 Å². The number of pyridine rings is 2. The number of piperidine rings is 1. The second kappa shape index (κ2) is 9.25. The molecule has 7 nitrogen and oxygen atoms in total. The third-order valence-corrected chi connectivity index (χ3v) is 5.83. The number of rotatable bonds is 6. The van der Waals surface area contributed by atoms with E-state index in [1.54, 1.807) is 24.4 Å². The first-order valence-corrected chi connectivity index (χ1v) is 11.3. The van der Waals surface area contributed by atoms with Crippen LogP contribution in [0.3, 0.4) is 0 Å². The van der Waals surface area contributed by atoms with Crippen LogP contribution in [0.15, 0.2) is 36.7 Å². The summed E-state index contributed by atoms with van der Waals surface area (Å²) in [6.45, 7) is 5.11. The number of alkyl halides is 3. The van der Waals surface area contributed by atoms with E-state index < -0.39 is 23.4 Å². The van der Waals surface area contributed by atoms with Gasteiger partial charge in [-0.25, -0.2) is 9.97 Å². The summed E-state index contributed by atoms with van der Waals surface area (Å²) >= 11 is 0. The smallest absolute Gasteiger partial charge is 0.390 e. The summed E-state index contributed by atoms with van der Waals surface area (Å²) in [5, 5.41) is 12.8. The fourth-order valence-corrected chi connectivity index (χ4v) is 4.03. The van der Waals surface area contributed by atoms with Gasteiger partial charge in [-0.05, 0) is 58.1 Å². The van der Waals surface area contributed by atoms with E-state index in [-0.39, 0.29) is 5.69 Å². The fraction of sp³-hybridized carbons (Fsp3) is 0.458. The van der Waals surface area contributed by atoms with E-state index in [1.807, 2.05) is 12.3 Å². The van der Waals surface area contributed by atoms with E-state index in [4.69, 9.17) is 0 Å². The largest absolute Gasteiger partial charge is 0.433 e. The molecule has 4 heterocycles. The van der Waals surface area contributed by atoms with Crippen molar-refractivity contribution in [2.45, 2.75) is 57.7 Å².